The van der Waals surface area contributed by atoms with Gasteiger partial charge in [-0.1, -0.05) is 36.4 Å². The van der Waals surface area contributed by atoms with Crippen molar-refractivity contribution in [1.82, 2.24) is 15.6 Å². The van der Waals surface area contributed by atoms with Crippen LogP contribution in [0.5, 0.6) is 0 Å². The van der Waals surface area contributed by atoms with E-state index in [1.54, 1.807) is 25.1 Å². The number of nitrogens with one attached hydrogen (secondary N) is 2. The van der Waals surface area contributed by atoms with Gasteiger partial charge < -0.3 is 15.5 Å². The molecule has 6 nitrogen and oxygen atoms in total. The highest BCUT2D eigenvalue weighted by Gasteiger charge is 2.32. The summed E-state index contributed by atoms with van der Waals surface area (Å²) in [6.45, 7) is 2.21. The first kappa shape index (κ1) is 22.7. The van der Waals surface area contributed by atoms with Crippen LogP contribution in [0.15, 0.2) is 60.8 Å². The highest BCUT2D eigenvalue weighted by Crippen LogP contribution is 2.30. The molecule has 4 rings (SSSR count). The average Bonchev–Trinajstić information content (AvgIpc) is 2.91. The van der Waals surface area contributed by atoms with Crippen LogP contribution in [-0.2, 0) is 22.6 Å². The predicted molar refractivity (Wildman–Crippen MR) is 125 cm³/mol. The lowest BCUT2D eigenvalue weighted by molar-refractivity contribution is -0.128. The summed E-state index contributed by atoms with van der Waals surface area (Å²) in [5.74, 6) is -0.256. The summed E-state index contributed by atoms with van der Waals surface area (Å²) in [5.41, 5.74) is 3.95. The standard InChI is InChI=1S/C24H26N4O2.ClH/c1-16(25-2)23(29)27-21-12-11-17-7-3-6-10-22(17)28(24(21)30)15-18-13-14-26-20-9-5-4-8-19(18)20;/h3-10,13-14,16,21,25H,11-12,15H2,1-2H3,(H,27,29);1H/t16-,21-;/m0./s1. The van der Waals surface area contributed by atoms with Crippen molar-refractivity contribution in [1.29, 1.82) is 0 Å². The van der Waals surface area contributed by atoms with Gasteiger partial charge in [-0.3, -0.25) is 14.6 Å². The van der Waals surface area contributed by atoms with Crippen molar-refractivity contribution in [2.75, 3.05) is 11.9 Å². The summed E-state index contributed by atoms with van der Waals surface area (Å²) in [7, 11) is 1.73. The zero-order valence-corrected chi connectivity index (χ0v) is 18.5. The fourth-order valence-corrected chi connectivity index (χ4v) is 3.90. The number of likely N-dealkylation sites (N-methyl/N-ethyl adjacent to an activating group) is 1. The van der Waals surface area contributed by atoms with E-state index in [2.05, 4.69) is 21.7 Å². The van der Waals surface area contributed by atoms with Crippen LogP contribution in [0, 0.1) is 0 Å². The maximum atomic E-state index is 13.6. The number of amides is 2. The zero-order valence-electron chi connectivity index (χ0n) is 17.7. The highest BCUT2D eigenvalue weighted by atomic mass is 35.5. The molecular formula is C24H27ClN4O2. The first-order chi connectivity index (χ1) is 14.6. The summed E-state index contributed by atoms with van der Waals surface area (Å²) in [4.78, 5) is 32.3. The van der Waals surface area contributed by atoms with Gasteiger partial charge in [-0.2, -0.15) is 0 Å². The number of carbonyl (C=O) groups is 2. The quantitative estimate of drug-likeness (QED) is 0.641. The summed E-state index contributed by atoms with van der Waals surface area (Å²) in [6.07, 6.45) is 3.08. The fraction of sp³-hybridized carbons (Fsp3) is 0.292. The molecule has 2 heterocycles. The van der Waals surface area contributed by atoms with Gasteiger partial charge in [-0.05, 0) is 56.1 Å². The van der Waals surface area contributed by atoms with Gasteiger partial charge in [0.05, 0.1) is 18.1 Å². The maximum absolute atomic E-state index is 13.6. The van der Waals surface area contributed by atoms with Crippen molar-refractivity contribution in [3.8, 4) is 0 Å². The third-order valence-corrected chi connectivity index (χ3v) is 5.76. The molecule has 0 saturated carbocycles. The first-order valence-electron chi connectivity index (χ1n) is 10.3. The predicted octanol–water partition coefficient (Wildman–Crippen LogP) is 3.23. The third-order valence-electron chi connectivity index (χ3n) is 5.76. The Morgan fingerprint density at radius 3 is 2.71 bits per heavy atom. The molecule has 162 valence electrons. The van der Waals surface area contributed by atoms with Crippen molar-refractivity contribution >= 4 is 40.8 Å². The minimum absolute atomic E-state index is 0. The molecular weight excluding hydrogens is 412 g/mol. The number of pyridine rings is 1. The summed E-state index contributed by atoms with van der Waals surface area (Å²) < 4.78 is 0. The van der Waals surface area contributed by atoms with Crippen LogP contribution >= 0.6 is 12.4 Å². The van der Waals surface area contributed by atoms with Gasteiger partial charge in [-0.25, -0.2) is 0 Å². The number of fused-ring (bicyclic) bond motifs is 2. The molecule has 0 saturated heterocycles. The van der Waals surface area contributed by atoms with Crippen LogP contribution in [0.4, 0.5) is 5.69 Å². The van der Waals surface area contributed by atoms with Gasteiger partial charge in [0.25, 0.3) is 0 Å². The van der Waals surface area contributed by atoms with Crippen molar-refractivity contribution in [2.24, 2.45) is 0 Å². The normalized spacial score (nSPS) is 16.8. The Morgan fingerprint density at radius 1 is 1.16 bits per heavy atom. The van der Waals surface area contributed by atoms with Crippen LogP contribution in [0.1, 0.15) is 24.5 Å². The maximum Gasteiger partial charge on any atom is 0.249 e. The Balaban J connectivity index is 0.00000272. The van der Waals surface area contributed by atoms with Crippen LogP contribution in [0.3, 0.4) is 0 Å². The molecule has 0 unspecified atom stereocenters. The van der Waals surface area contributed by atoms with E-state index in [0.717, 1.165) is 34.1 Å². The molecule has 0 fully saturated rings. The summed E-state index contributed by atoms with van der Waals surface area (Å²) >= 11 is 0. The Kier molecular flexibility index (Phi) is 7.25. The van der Waals surface area contributed by atoms with E-state index in [0.29, 0.717) is 13.0 Å². The van der Waals surface area contributed by atoms with Gasteiger partial charge in [0.1, 0.15) is 6.04 Å². The summed E-state index contributed by atoms with van der Waals surface area (Å²) in [6, 6.07) is 17.0. The van der Waals surface area contributed by atoms with E-state index in [1.165, 1.54) is 0 Å². The molecule has 1 aliphatic heterocycles. The second-order valence-corrected chi connectivity index (χ2v) is 7.65. The van der Waals surface area contributed by atoms with E-state index < -0.39 is 6.04 Å². The van der Waals surface area contributed by atoms with Crippen LogP contribution in [0.2, 0.25) is 0 Å². The fourth-order valence-electron chi connectivity index (χ4n) is 3.90. The summed E-state index contributed by atoms with van der Waals surface area (Å²) in [5, 5.41) is 6.90. The Bertz CT molecular complexity index is 1080. The number of halogens is 1. The van der Waals surface area contributed by atoms with Crippen molar-refractivity contribution < 1.29 is 9.59 Å². The van der Waals surface area contributed by atoms with Gasteiger partial charge in [0, 0.05) is 17.3 Å². The first-order valence-corrected chi connectivity index (χ1v) is 10.3. The number of hydrogen-bond acceptors (Lipinski definition) is 4. The smallest absolute Gasteiger partial charge is 0.249 e. The number of hydrogen-bond donors (Lipinski definition) is 2. The molecule has 0 radical (unpaired) electrons. The van der Waals surface area contributed by atoms with Crippen LogP contribution in [-0.4, -0.2) is 35.9 Å². The topological polar surface area (TPSA) is 74.3 Å². The van der Waals surface area contributed by atoms with E-state index in [4.69, 9.17) is 0 Å². The van der Waals surface area contributed by atoms with Crippen LogP contribution < -0.4 is 15.5 Å². The molecule has 1 aromatic heterocycles. The van der Waals surface area contributed by atoms with E-state index in [1.807, 2.05) is 48.5 Å². The molecule has 0 bridgehead atoms. The molecule has 31 heavy (non-hydrogen) atoms. The lowest BCUT2D eigenvalue weighted by Gasteiger charge is -2.27. The number of carbonyl (C=O) groups excluding carboxylic acids is 2. The molecule has 7 heteroatoms. The van der Waals surface area contributed by atoms with E-state index >= 15 is 0 Å². The van der Waals surface area contributed by atoms with Gasteiger partial charge in [0.2, 0.25) is 11.8 Å². The van der Waals surface area contributed by atoms with Crippen molar-refractivity contribution in [2.45, 2.75) is 38.4 Å². The molecule has 2 amide bonds. The number of nitrogens with zero attached hydrogens (tertiary/aromatic N) is 2. The molecule has 1 aliphatic rings. The highest BCUT2D eigenvalue weighted by molar-refractivity contribution is 6.01. The molecule has 2 aromatic carbocycles. The number of aromatic nitrogens is 1. The van der Waals surface area contributed by atoms with Crippen LogP contribution in [0.25, 0.3) is 10.9 Å². The Hall–Kier alpha value is -2.96. The van der Waals surface area contributed by atoms with Gasteiger partial charge >= 0.3 is 0 Å². The molecule has 2 N–H and O–H groups in total. The average molecular weight is 439 g/mol. The molecule has 0 aliphatic carbocycles. The number of benzene rings is 2. The Labute approximate surface area is 188 Å². The largest absolute Gasteiger partial charge is 0.343 e. The number of anilines is 1. The SMILES string of the molecule is CN[C@@H](C)C(=O)N[C@H]1CCc2ccccc2N(Cc2ccnc3ccccc23)C1=O.Cl. The minimum Gasteiger partial charge on any atom is -0.343 e. The minimum atomic E-state index is -0.561. The Morgan fingerprint density at radius 2 is 1.90 bits per heavy atom. The molecule has 3 aromatic rings. The number of para-hydroxylation sites is 2. The number of aryl methyl sites for hydroxylation is 1. The zero-order chi connectivity index (χ0) is 21.1. The van der Waals surface area contributed by atoms with Crippen molar-refractivity contribution in [3.63, 3.8) is 0 Å². The van der Waals surface area contributed by atoms with Gasteiger partial charge in [0.15, 0.2) is 0 Å². The third kappa shape index (κ3) is 4.70. The monoisotopic (exact) mass is 438 g/mol. The second-order valence-electron chi connectivity index (χ2n) is 7.65. The van der Waals surface area contributed by atoms with E-state index in [9.17, 15) is 9.59 Å². The molecule has 0 spiro atoms. The lowest BCUT2D eigenvalue weighted by Crippen LogP contribution is -2.52. The second kappa shape index (κ2) is 9.90. The van der Waals surface area contributed by atoms with Gasteiger partial charge in [-0.15, -0.1) is 12.4 Å². The van der Waals surface area contributed by atoms with E-state index in [-0.39, 0.29) is 30.3 Å². The van der Waals surface area contributed by atoms with Crippen molar-refractivity contribution in [3.05, 3.63) is 71.9 Å². The number of rotatable bonds is 5. The lowest BCUT2D eigenvalue weighted by atomic mass is 10.1. The molecule has 2 atom stereocenters.